The number of nitrogens with one attached hydrogen (secondary N) is 1. The van der Waals surface area contributed by atoms with Crippen molar-refractivity contribution in [3.05, 3.63) is 12.7 Å². The molecular weight excluding hydrogens is 398 g/mol. The van der Waals surface area contributed by atoms with Crippen molar-refractivity contribution in [2.75, 3.05) is 32.0 Å². The molecule has 0 bridgehead atoms. The van der Waals surface area contributed by atoms with Crippen LogP contribution < -0.4 is 11.1 Å². The molecule has 10 nitrogen and oxygen atoms in total. The van der Waals surface area contributed by atoms with Crippen LogP contribution in [0, 0.1) is 0 Å². The number of hydrogen-bond acceptors (Lipinski definition) is 8. The molecule has 5 heterocycles. The molecule has 0 saturated carbocycles. The Labute approximate surface area is 181 Å². The van der Waals surface area contributed by atoms with E-state index in [1.54, 1.807) is 6.33 Å². The van der Waals surface area contributed by atoms with Gasteiger partial charge in [0.15, 0.2) is 11.5 Å². The van der Waals surface area contributed by atoms with Crippen LogP contribution in [0.3, 0.4) is 0 Å². The summed E-state index contributed by atoms with van der Waals surface area (Å²) in [5, 5.41) is 14.8. The maximum atomic E-state index is 12.9. The quantitative estimate of drug-likeness (QED) is 0.633. The fourth-order valence-corrected chi connectivity index (χ4v) is 5.47. The molecule has 31 heavy (non-hydrogen) atoms. The molecule has 0 radical (unpaired) electrons. The smallest absolute Gasteiger partial charge is 0.239 e. The average molecular weight is 430 g/mol. The van der Waals surface area contributed by atoms with Gasteiger partial charge in [-0.2, -0.15) is 0 Å². The van der Waals surface area contributed by atoms with E-state index in [9.17, 15) is 9.90 Å². The van der Waals surface area contributed by atoms with Gasteiger partial charge in [-0.3, -0.25) is 4.79 Å². The van der Waals surface area contributed by atoms with E-state index >= 15 is 0 Å². The fraction of sp³-hybridized carbons (Fsp3) is 0.714. The van der Waals surface area contributed by atoms with Gasteiger partial charge >= 0.3 is 0 Å². The minimum atomic E-state index is -1.01. The van der Waals surface area contributed by atoms with Crippen LogP contribution in [0.25, 0.3) is 11.2 Å². The van der Waals surface area contributed by atoms with Crippen LogP contribution in [0.2, 0.25) is 0 Å². The standard InChI is InChI=1S/C21H31N7O3/c1-20(30)11-21(5-8-27(9-6-21)19(29)14-4-2-3-7-23-14)31-10-15(20)28-13-26-16-17(22)24-12-25-18(16)28/h12-15,23,30H,2-11H2,1H3,(H2,22,24,25)/t14-,15+,20+/m0/s1. The summed E-state index contributed by atoms with van der Waals surface area (Å²) in [4.78, 5) is 27.4. The molecule has 3 atom stereocenters. The number of piperidine rings is 2. The number of nitrogens with two attached hydrogens (primary N) is 1. The summed E-state index contributed by atoms with van der Waals surface area (Å²) in [5.41, 5.74) is 5.61. The molecular formula is C21H31N7O3. The number of ether oxygens (including phenoxy) is 1. The van der Waals surface area contributed by atoms with E-state index in [0.717, 1.165) is 38.6 Å². The Morgan fingerprint density at radius 1 is 1.29 bits per heavy atom. The molecule has 3 saturated heterocycles. The van der Waals surface area contributed by atoms with Crippen LogP contribution in [0.1, 0.15) is 51.5 Å². The average Bonchev–Trinajstić information content (AvgIpc) is 3.19. The first-order valence-corrected chi connectivity index (χ1v) is 11.2. The first-order valence-electron chi connectivity index (χ1n) is 11.2. The lowest BCUT2D eigenvalue weighted by molar-refractivity contribution is -0.197. The number of rotatable bonds is 2. The van der Waals surface area contributed by atoms with Crippen molar-refractivity contribution in [2.45, 2.75) is 68.7 Å². The minimum Gasteiger partial charge on any atom is -0.388 e. The summed E-state index contributed by atoms with van der Waals surface area (Å²) in [7, 11) is 0. The zero-order chi connectivity index (χ0) is 21.6. The number of carbonyl (C=O) groups excluding carboxylic acids is 1. The molecule has 10 heteroatoms. The van der Waals surface area contributed by atoms with Crippen molar-refractivity contribution in [1.29, 1.82) is 0 Å². The van der Waals surface area contributed by atoms with Crippen molar-refractivity contribution in [3.8, 4) is 0 Å². The summed E-state index contributed by atoms with van der Waals surface area (Å²) in [6, 6.07) is -0.380. The number of carbonyl (C=O) groups is 1. The molecule has 1 amide bonds. The molecule has 2 aromatic rings. The van der Waals surface area contributed by atoms with Crippen LogP contribution in [-0.2, 0) is 9.53 Å². The number of aliphatic hydroxyl groups is 1. The predicted molar refractivity (Wildman–Crippen MR) is 114 cm³/mol. The monoisotopic (exact) mass is 429 g/mol. The third-order valence-corrected chi connectivity index (χ3v) is 7.26. The van der Waals surface area contributed by atoms with E-state index in [1.807, 2.05) is 16.4 Å². The second kappa shape index (κ2) is 7.68. The Hall–Kier alpha value is -2.30. The lowest BCUT2D eigenvalue weighted by Crippen LogP contribution is -2.59. The Bertz CT molecular complexity index is 961. The third kappa shape index (κ3) is 3.66. The number of nitrogen functional groups attached to an aromatic ring is 1. The maximum Gasteiger partial charge on any atom is 0.239 e. The van der Waals surface area contributed by atoms with Crippen molar-refractivity contribution < 1.29 is 14.6 Å². The highest BCUT2D eigenvalue weighted by Crippen LogP contribution is 2.44. The van der Waals surface area contributed by atoms with Crippen molar-refractivity contribution in [3.63, 3.8) is 0 Å². The van der Waals surface area contributed by atoms with Gasteiger partial charge in [-0.1, -0.05) is 6.42 Å². The molecule has 2 aromatic heterocycles. The highest BCUT2D eigenvalue weighted by Gasteiger charge is 2.50. The van der Waals surface area contributed by atoms with Gasteiger partial charge in [-0.15, -0.1) is 0 Å². The number of nitrogens with zero attached hydrogens (tertiary/aromatic N) is 5. The fourth-order valence-electron chi connectivity index (χ4n) is 5.47. The molecule has 0 aromatic carbocycles. The van der Waals surface area contributed by atoms with Crippen molar-refractivity contribution >= 4 is 22.9 Å². The zero-order valence-corrected chi connectivity index (χ0v) is 18.0. The van der Waals surface area contributed by atoms with Gasteiger partial charge in [-0.25, -0.2) is 15.0 Å². The summed E-state index contributed by atoms with van der Waals surface area (Å²) >= 11 is 0. The van der Waals surface area contributed by atoms with Gasteiger partial charge in [-0.05, 0) is 39.2 Å². The predicted octanol–water partition coefficient (Wildman–Crippen LogP) is 0.624. The summed E-state index contributed by atoms with van der Waals surface area (Å²) in [6.07, 6.45) is 8.17. The van der Waals surface area contributed by atoms with Gasteiger partial charge in [0.25, 0.3) is 0 Å². The topological polar surface area (TPSA) is 131 Å². The van der Waals surface area contributed by atoms with Crippen molar-refractivity contribution in [1.82, 2.24) is 29.7 Å². The van der Waals surface area contributed by atoms with Crippen LogP contribution in [-0.4, -0.2) is 78.9 Å². The second-order valence-corrected chi connectivity index (χ2v) is 9.45. The van der Waals surface area contributed by atoms with E-state index in [4.69, 9.17) is 10.5 Å². The van der Waals surface area contributed by atoms with Crippen LogP contribution in [0.15, 0.2) is 12.7 Å². The Kier molecular flexibility index (Phi) is 5.10. The van der Waals surface area contributed by atoms with Gasteiger partial charge in [0.2, 0.25) is 5.91 Å². The maximum absolute atomic E-state index is 12.9. The Morgan fingerprint density at radius 3 is 2.81 bits per heavy atom. The van der Waals surface area contributed by atoms with Crippen LogP contribution >= 0.6 is 0 Å². The number of hydrogen-bond donors (Lipinski definition) is 3. The van der Waals surface area contributed by atoms with Crippen LogP contribution in [0.5, 0.6) is 0 Å². The number of likely N-dealkylation sites (tertiary alicyclic amines) is 1. The SMILES string of the molecule is C[C@@]1(O)CC2(CCN(C(=O)[C@@H]3CCCCN3)CC2)OC[C@H]1n1cnc2c(N)ncnc21. The van der Waals surface area contributed by atoms with Gasteiger partial charge in [0.1, 0.15) is 11.8 Å². The van der Waals surface area contributed by atoms with Gasteiger partial charge in [0, 0.05) is 19.5 Å². The minimum absolute atomic E-state index is 0.0495. The van der Waals surface area contributed by atoms with Gasteiger partial charge < -0.3 is 30.4 Å². The molecule has 0 aliphatic carbocycles. The lowest BCUT2D eigenvalue weighted by atomic mass is 9.75. The molecule has 3 aliphatic rings. The molecule has 3 aliphatic heterocycles. The van der Waals surface area contributed by atoms with E-state index in [1.165, 1.54) is 6.33 Å². The highest BCUT2D eigenvalue weighted by atomic mass is 16.5. The van der Waals surface area contributed by atoms with E-state index in [0.29, 0.717) is 43.1 Å². The summed E-state index contributed by atoms with van der Waals surface area (Å²) < 4.78 is 8.24. The number of amides is 1. The first kappa shape index (κ1) is 20.6. The number of anilines is 1. The second-order valence-electron chi connectivity index (χ2n) is 9.45. The summed E-state index contributed by atoms with van der Waals surface area (Å²) in [6.45, 7) is 4.44. The lowest BCUT2D eigenvalue weighted by Gasteiger charge is -2.51. The van der Waals surface area contributed by atoms with E-state index < -0.39 is 11.2 Å². The number of imidazole rings is 1. The summed E-state index contributed by atoms with van der Waals surface area (Å²) in [5.74, 6) is 0.526. The Morgan fingerprint density at radius 2 is 2.10 bits per heavy atom. The van der Waals surface area contributed by atoms with E-state index in [-0.39, 0.29) is 18.0 Å². The van der Waals surface area contributed by atoms with Gasteiger partial charge in [0.05, 0.1) is 36.2 Å². The van der Waals surface area contributed by atoms with E-state index in [2.05, 4.69) is 20.3 Å². The zero-order valence-electron chi connectivity index (χ0n) is 18.0. The van der Waals surface area contributed by atoms with Crippen molar-refractivity contribution in [2.24, 2.45) is 0 Å². The largest absolute Gasteiger partial charge is 0.388 e. The first-order chi connectivity index (χ1) is 14.9. The normalized spacial score (nSPS) is 31.2. The number of fused-ring (bicyclic) bond motifs is 1. The molecule has 0 unspecified atom stereocenters. The molecule has 4 N–H and O–H groups in total. The number of aromatic nitrogens is 4. The molecule has 3 fully saturated rings. The third-order valence-electron chi connectivity index (χ3n) is 7.26. The Balaban J connectivity index is 1.28. The molecule has 168 valence electrons. The molecule has 5 rings (SSSR count). The highest BCUT2D eigenvalue weighted by molar-refractivity contribution is 5.82. The molecule has 1 spiro atoms. The van der Waals surface area contributed by atoms with Crippen LogP contribution in [0.4, 0.5) is 5.82 Å².